The predicted octanol–water partition coefficient (Wildman–Crippen LogP) is -1.38. The minimum absolute atomic E-state index is 0.548. The van der Waals surface area contributed by atoms with Crippen LogP contribution in [0.15, 0.2) is 0 Å². The van der Waals surface area contributed by atoms with Gasteiger partial charge in [-0.2, -0.15) is 5.26 Å². The van der Waals surface area contributed by atoms with Gasteiger partial charge in [0.1, 0.15) is 6.17 Å². The molecule has 1 aliphatic heterocycles. The Hall–Kier alpha value is -0.670. The summed E-state index contributed by atoms with van der Waals surface area (Å²) < 4.78 is 0. The van der Waals surface area contributed by atoms with Gasteiger partial charge in [0.25, 0.3) is 5.24 Å². The van der Waals surface area contributed by atoms with Gasteiger partial charge in [0.2, 0.25) is 0 Å². The van der Waals surface area contributed by atoms with Crippen LogP contribution in [-0.4, -0.2) is 17.6 Å². The molecule has 0 aliphatic carbocycles. The van der Waals surface area contributed by atoms with Crippen molar-refractivity contribution in [3.63, 3.8) is 0 Å². The highest BCUT2D eigenvalue weighted by Crippen LogP contribution is 1.92. The minimum atomic E-state index is -0.661. The lowest BCUT2D eigenvalue weighted by atomic mass is 10.5. The van der Waals surface area contributed by atoms with E-state index in [4.69, 9.17) is 16.9 Å². The lowest BCUT2D eigenvalue weighted by Crippen LogP contribution is -2.38. The zero-order chi connectivity index (χ0) is 7.56. The number of hydrogen-bond acceptors (Lipinski definition) is 5. The molecule has 0 bridgehead atoms. The summed E-state index contributed by atoms with van der Waals surface area (Å²) in [6.07, 6.45) is -1.21. The van der Waals surface area contributed by atoms with Gasteiger partial charge in [-0.25, -0.2) is 10.9 Å². The summed E-state index contributed by atoms with van der Waals surface area (Å²) in [6.45, 7) is 0. The summed E-state index contributed by atoms with van der Waals surface area (Å²) in [7, 11) is 0. The second kappa shape index (κ2) is 2.94. The molecule has 54 valence electrons. The highest BCUT2D eigenvalue weighted by Gasteiger charge is 2.26. The van der Waals surface area contributed by atoms with Gasteiger partial charge in [0.05, 0.1) is 6.07 Å². The van der Waals surface area contributed by atoms with E-state index in [-0.39, 0.29) is 0 Å². The summed E-state index contributed by atoms with van der Waals surface area (Å²) in [4.78, 5) is 10.4. The van der Waals surface area contributed by atoms with Gasteiger partial charge in [-0.1, -0.05) is 0 Å². The number of carbonyl (C=O) groups excluding carboxylic acids is 1. The smallest absolute Gasteiger partial charge is 0.254 e. The molecule has 0 amide bonds. The Balaban J connectivity index is 2.45. The standard InChI is InChI=1S/C4H5ClN4O/c5-3(10)4-7-2(1-6)8-9-4/h2,4,7-9H. The fraction of sp³-hybridized carbons (Fsp3) is 0.500. The van der Waals surface area contributed by atoms with E-state index in [1.165, 1.54) is 0 Å². The van der Waals surface area contributed by atoms with Crippen LogP contribution < -0.4 is 16.2 Å². The number of hydrazine groups is 1. The second-order valence-electron chi connectivity index (χ2n) is 1.75. The first-order valence-corrected chi connectivity index (χ1v) is 2.98. The normalized spacial score (nSPS) is 31.6. The van der Waals surface area contributed by atoms with Crippen LogP contribution in [0.2, 0.25) is 0 Å². The van der Waals surface area contributed by atoms with Crippen LogP contribution in [0.5, 0.6) is 0 Å². The van der Waals surface area contributed by atoms with Gasteiger partial charge in [0.15, 0.2) is 6.17 Å². The number of nitriles is 1. The van der Waals surface area contributed by atoms with E-state index in [9.17, 15) is 4.79 Å². The molecule has 6 heteroatoms. The molecule has 1 heterocycles. The third-order valence-corrected chi connectivity index (χ3v) is 1.28. The fourth-order valence-electron chi connectivity index (χ4n) is 0.608. The Labute approximate surface area is 62.3 Å². The summed E-state index contributed by atoms with van der Waals surface area (Å²) in [5.74, 6) is 0. The van der Waals surface area contributed by atoms with E-state index in [1.54, 1.807) is 0 Å². The largest absolute Gasteiger partial charge is 0.278 e. The number of carbonyl (C=O) groups is 1. The molecule has 0 radical (unpaired) electrons. The molecule has 5 nitrogen and oxygen atoms in total. The molecule has 2 atom stereocenters. The molecule has 1 fully saturated rings. The fourth-order valence-corrected chi connectivity index (χ4v) is 0.726. The lowest BCUT2D eigenvalue weighted by Gasteiger charge is -2.00. The zero-order valence-electron chi connectivity index (χ0n) is 4.89. The van der Waals surface area contributed by atoms with E-state index in [0.717, 1.165) is 0 Å². The van der Waals surface area contributed by atoms with Crippen molar-refractivity contribution in [3.05, 3.63) is 0 Å². The molecule has 0 aromatic carbocycles. The van der Waals surface area contributed by atoms with Crippen molar-refractivity contribution in [1.29, 1.82) is 5.26 Å². The lowest BCUT2D eigenvalue weighted by molar-refractivity contribution is -0.113. The minimum Gasteiger partial charge on any atom is -0.278 e. The molecule has 2 unspecified atom stereocenters. The maximum absolute atomic E-state index is 10.4. The van der Waals surface area contributed by atoms with Crippen LogP contribution in [-0.2, 0) is 4.79 Å². The Bertz CT molecular complexity index is 188. The molecule has 0 aromatic heterocycles. The van der Waals surface area contributed by atoms with Crippen LogP contribution >= 0.6 is 11.6 Å². The predicted molar refractivity (Wildman–Crippen MR) is 33.5 cm³/mol. The Kier molecular flexibility index (Phi) is 2.19. The molecule has 1 saturated heterocycles. The first-order valence-electron chi connectivity index (χ1n) is 2.60. The monoisotopic (exact) mass is 160 g/mol. The maximum Gasteiger partial charge on any atom is 0.254 e. The summed E-state index contributed by atoms with van der Waals surface area (Å²) in [5, 5.41) is 10.3. The van der Waals surface area contributed by atoms with Crippen LogP contribution in [0.1, 0.15) is 0 Å². The van der Waals surface area contributed by atoms with Gasteiger partial charge in [-0.05, 0) is 11.6 Å². The van der Waals surface area contributed by atoms with Crippen LogP contribution in [0, 0.1) is 11.3 Å². The van der Waals surface area contributed by atoms with Crippen LogP contribution in [0.3, 0.4) is 0 Å². The van der Waals surface area contributed by atoms with Gasteiger partial charge < -0.3 is 0 Å². The molecule has 1 rings (SSSR count). The molecule has 10 heavy (non-hydrogen) atoms. The number of nitrogens with one attached hydrogen (secondary N) is 3. The summed E-state index contributed by atoms with van der Waals surface area (Å²) >= 11 is 5.09. The number of rotatable bonds is 1. The average Bonchev–Trinajstić information content (AvgIpc) is 2.34. The zero-order valence-corrected chi connectivity index (χ0v) is 5.64. The number of halogens is 1. The van der Waals surface area contributed by atoms with Crippen LogP contribution in [0.4, 0.5) is 0 Å². The molecular formula is C4H5ClN4O. The van der Waals surface area contributed by atoms with E-state index in [2.05, 4.69) is 16.2 Å². The van der Waals surface area contributed by atoms with Gasteiger partial charge in [-0.3, -0.25) is 10.1 Å². The molecular weight excluding hydrogens is 156 g/mol. The third-order valence-electron chi connectivity index (χ3n) is 1.06. The van der Waals surface area contributed by atoms with E-state index < -0.39 is 17.6 Å². The van der Waals surface area contributed by atoms with E-state index in [1.807, 2.05) is 6.07 Å². The number of nitrogens with zero attached hydrogens (tertiary/aromatic N) is 1. The summed E-state index contributed by atoms with van der Waals surface area (Å²) in [5.41, 5.74) is 5.00. The van der Waals surface area contributed by atoms with Gasteiger partial charge in [0, 0.05) is 0 Å². The molecule has 0 aromatic rings. The summed E-state index contributed by atoms with van der Waals surface area (Å²) in [6, 6.07) is 1.85. The average molecular weight is 161 g/mol. The van der Waals surface area contributed by atoms with Gasteiger partial charge >= 0.3 is 0 Å². The van der Waals surface area contributed by atoms with Crippen molar-refractivity contribution in [2.45, 2.75) is 12.3 Å². The van der Waals surface area contributed by atoms with Crippen LogP contribution in [0.25, 0.3) is 0 Å². The Morgan fingerprint density at radius 1 is 1.60 bits per heavy atom. The SMILES string of the molecule is N#CC1NNC(C(=O)Cl)N1. The Morgan fingerprint density at radius 3 is 2.60 bits per heavy atom. The van der Waals surface area contributed by atoms with Crippen molar-refractivity contribution in [3.8, 4) is 6.07 Å². The topological polar surface area (TPSA) is 77.0 Å². The molecule has 0 spiro atoms. The number of hydrogen-bond donors (Lipinski definition) is 3. The van der Waals surface area contributed by atoms with Crippen molar-refractivity contribution in [1.82, 2.24) is 16.2 Å². The quantitative estimate of drug-likeness (QED) is 0.413. The maximum atomic E-state index is 10.4. The molecule has 0 saturated carbocycles. The molecule has 1 aliphatic rings. The highest BCUT2D eigenvalue weighted by atomic mass is 35.5. The van der Waals surface area contributed by atoms with Crippen molar-refractivity contribution in [2.24, 2.45) is 0 Å². The van der Waals surface area contributed by atoms with E-state index >= 15 is 0 Å². The van der Waals surface area contributed by atoms with Crippen molar-refractivity contribution >= 4 is 16.8 Å². The first kappa shape index (κ1) is 7.44. The van der Waals surface area contributed by atoms with Crippen molar-refractivity contribution in [2.75, 3.05) is 0 Å². The molecule has 3 N–H and O–H groups in total. The van der Waals surface area contributed by atoms with Gasteiger partial charge in [-0.15, -0.1) is 0 Å². The second-order valence-corrected chi connectivity index (χ2v) is 2.13. The van der Waals surface area contributed by atoms with Crippen molar-refractivity contribution < 1.29 is 4.79 Å². The first-order chi connectivity index (χ1) is 4.74. The third kappa shape index (κ3) is 1.43. The Morgan fingerprint density at radius 2 is 2.30 bits per heavy atom. The highest BCUT2D eigenvalue weighted by molar-refractivity contribution is 6.64. The van der Waals surface area contributed by atoms with E-state index in [0.29, 0.717) is 0 Å².